The molecule has 1 saturated heterocycles. The van der Waals surface area contributed by atoms with Crippen molar-refractivity contribution in [2.45, 2.75) is 244 Å². The fourth-order valence-electron chi connectivity index (χ4n) is 13.7. The van der Waals surface area contributed by atoms with Crippen LogP contribution < -0.4 is 43.0 Å². The monoisotopic (exact) mass is 1660 g/mol. The van der Waals surface area contributed by atoms with Crippen molar-refractivity contribution in [3.63, 3.8) is 0 Å². The zero-order valence-corrected chi connectivity index (χ0v) is 70.6. The number of primary amides is 1. The quantitative estimate of drug-likeness (QED) is 0.0147. The minimum atomic E-state index is -1.13. The van der Waals surface area contributed by atoms with Crippen LogP contribution in [0.2, 0.25) is 0 Å². The van der Waals surface area contributed by atoms with Crippen molar-refractivity contribution in [1.82, 2.24) is 56.6 Å². The fraction of sp³-hybridized carbons (Fsp3) is 0.625. The van der Waals surface area contributed by atoms with Gasteiger partial charge in [0.25, 0.3) is 5.91 Å². The molecule has 1 fully saturated rings. The van der Waals surface area contributed by atoms with Crippen LogP contribution in [0.4, 0.5) is 15.3 Å². The van der Waals surface area contributed by atoms with E-state index in [-0.39, 0.29) is 69.1 Å². The van der Waals surface area contributed by atoms with Gasteiger partial charge in [-0.25, -0.2) is 19.6 Å². The average Bonchev–Trinajstić information content (AvgIpc) is 0.906. The lowest BCUT2D eigenvalue weighted by Gasteiger charge is -2.41. The molecule has 110 heavy (non-hydrogen) atoms. The smallest absolute Gasteiger partial charge is 0.410 e. The van der Waals surface area contributed by atoms with Gasteiger partial charge in [-0.15, -0.1) is 0 Å². The van der Waals surface area contributed by atoms with Crippen molar-refractivity contribution in [3.8, 4) is 0 Å². The molecule has 30 heteroatoms. The molecule has 0 bridgehead atoms. The van der Waals surface area contributed by atoms with Crippen molar-refractivity contribution < 1.29 is 72.0 Å². The topological polar surface area (TPSA) is 374 Å². The Labute approximate surface area is 666 Å². The number of ether oxygens (including phenoxy) is 4. The van der Waals surface area contributed by atoms with Crippen LogP contribution in [0.3, 0.4) is 0 Å². The van der Waals surface area contributed by atoms with E-state index < -0.39 is 137 Å². The van der Waals surface area contributed by atoms with E-state index in [0.29, 0.717) is 82.7 Å². The number of likely N-dealkylation sites (N-methyl/N-ethyl adjacent to an activating group) is 2. The maximum atomic E-state index is 14.9. The maximum absolute atomic E-state index is 14.9. The number of carbonyl (C=O) groups is 10. The zero-order chi connectivity index (χ0) is 82.1. The van der Waals surface area contributed by atoms with E-state index in [2.05, 4.69) is 74.1 Å². The summed E-state index contributed by atoms with van der Waals surface area (Å²) in [6.07, 6.45) is -0.365. The highest BCUT2D eigenvalue weighted by atomic mass is 79.9. The first-order chi connectivity index (χ1) is 51.8. The number of urea groups is 1. The van der Waals surface area contributed by atoms with Crippen LogP contribution >= 0.6 is 31.9 Å². The van der Waals surface area contributed by atoms with Crippen LogP contribution in [-0.4, -0.2) is 203 Å². The first-order valence-corrected chi connectivity index (χ1v) is 40.3. The Morgan fingerprint density at radius 3 is 1.95 bits per heavy atom. The molecule has 0 spiro atoms. The molecule has 5 rings (SSSR count). The van der Waals surface area contributed by atoms with Gasteiger partial charge in [-0.2, -0.15) is 0 Å². The number of nitrogens with zero attached hydrogens (tertiary/aromatic N) is 5. The van der Waals surface area contributed by atoms with Crippen LogP contribution in [0, 0.1) is 29.6 Å². The summed E-state index contributed by atoms with van der Waals surface area (Å²) in [5.74, 6) is -5.63. The number of rotatable bonds is 43. The Morgan fingerprint density at radius 1 is 0.727 bits per heavy atom. The summed E-state index contributed by atoms with van der Waals surface area (Å²) in [6.45, 7) is 26.2. The molecule has 1 aromatic heterocycles. The fourth-order valence-corrected chi connectivity index (χ4v) is 14.6. The molecule has 10 N–H and O–H groups in total. The molecule has 0 saturated carbocycles. The Balaban J connectivity index is 1.15. The number of nitrogens with one attached hydrogen (secondary N) is 7. The van der Waals surface area contributed by atoms with Gasteiger partial charge in [0.05, 0.1) is 76.8 Å². The molecule has 0 unspecified atom stereocenters. The number of likely N-dealkylation sites (tertiary alicyclic amines) is 1. The number of fused-ring (bicyclic) bond motifs is 1. The molecule has 2 heterocycles. The first kappa shape index (κ1) is 92.7. The lowest BCUT2D eigenvalue weighted by molar-refractivity contribution is -0.148. The van der Waals surface area contributed by atoms with E-state index in [1.54, 1.807) is 127 Å². The minimum Gasteiger partial charge on any atom is -0.445 e. The number of methoxy groups -OCH3 is 2. The summed E-state index contributed by atoms with van der Waals surface area (Å²) < 4.78 is 24.1. The minimum absolute atomic E-state index is 0.00828. The number of aromatic nitrogens is 2. The number of alkyl halides is 2. The zero-order valence-electron chi connectivity index (χ0n) is 67.4. The van der Waals surface area contributed by atoms with Gasteiger partial charge in [-0.05, 0) is 138 Å². The lowest BCUT2D eigenvalue weighted by atomic mass is 9.89. The number of carbonyl (C=O) groups excluding carboxylic acids is 10. The van der Waals surface area contributed by atoms with Gasteiger partial charge in [0.2, 0.25) is 41.4 Å². The van der Waals surface area contributed by atoms with Gasteiger partial charge in [0.15, 0.2) is 0 Å². The van der Waals surface area contributed by atoms with Crippen molar-refractivity contribution in [2.75, 3.05) is 53.3 Å². The van der Waals surface area contributed by atoms with E-state index >= 15 is 0 Å². The maximum Gasteiger partial charge on any atom is 0.410 e. The van der Waals surface area contributed by atoms with Crippen LogP contribution in [0.25, 0.3) is 11.0 Å². The molecule has 0 radical (unpaired) electrons. The molecule has 0 aliphatic carbocycles. The first-order valence-electron chi connectivity index (χ1n) is 38.1. The van der Waals surface area contributed by atoms with E-state index in [9.17, 15) is 53.1 Å². The molecular formula is C80H121Br2N13O15. The van der Waals surface area contributed by atoms with Gasteiger partial charge in [0.1, 0.15) is 30.8 Å². The van der Waals surface area contributed by atoms with Crippen molar-refractivity contribution in [1.29, 1.82) is 0 Å². The number of nitrogens with two attached hydrogens (primary N) is 1. The summed E-state index contributed by atoms with van der Waals surface area (Å²) in [6, 6.07) is 13.9. The highest BCUT2D eigenvalue weighted by Crippen LogP contribution is 2.32. The normalized spacial score (nSPS) is 16.3. The van der Waals surface area contributed by atoms with E-state index in [4.69, 9.17) is 29.7 Å². The second-order valence-corrected chi connectivity index (χ2v) is 32.2. The molecule has 4 aromatic rings. The number of halogens is 2. The summed E-state index contributed by atoms with van der Waals surface area (Å²) in [4.78, 5) is 152. The third-order valence-electron chi connectivity index (χ3n) is 20.5. The van der Waals surface area contributed by atoms with E-state index in [1.807, 2.05) is 59.7 Å². The van der Waals surface area contributed by atoms with Crippen LogP contribution in [0.1, 0.15) is 194 Å². The predicted octanol–water partition coefficient (Wildman–Crippen LogP) is 9.50. The number of aliphatic hydroxyl groups is 1. The molecule has 11 amide bonds. The SMILES string of the molecule is CC[C@H](C)[C@@H]([C@@H](CC(=O)N1CCC[C@H]1[C@H](OC)[C@@H](C)C(=O)N[C@H](C)[C@@H](O)c1ccccc1)OC)N(C)C(=O)[C@@H](NC(=O)[C@H](C(C)C)N(C)C(=O)OCc1ccc(NC(=O)[C@H](CCCNC(N)=O)NC(=O)[C@@H](NC(=O)CCC(C)(C)OCCC(C)(C)NC(=O)c2ccc3nc(CBr)c(CBr)nc3c2)C(C)C)cc1)C(C)C. The van der Waals surface area contributed by atoms with Gasteiger partial charge < -0.3 is 76.8 Å². The summed E-state index contributed by atoms with van der Waals surface area (Å²) in [5, 5.41) is 32.0. The number of hydrogen-bond acceptors (Lipinski definition) is 17. The third kappa shape index (κ3) is 27.2. The Hall–Kier alpha value is -7.90. The molecule has 1 aliphatic heterocycles. The summed E-state index contributed by atoms with van der Waals surface area (Å²) >= 11 is 6.93. The average molecular weight is 1660 g/mol. The van der Waals surface area contributed by atoms with Crippen LogP contribution in [0.5, 0.6) is 0 Å². The van der Waals surface area contributed by atoms with E-state index in [0.717, 1.165) is 11.4 Å². The van der Waals surface area contributed by atoms with Gasteiger partial charge in [-0.1, -0.05) is 143 Å². The van der Waals surface area contributed by atoms with Crippen molar-refractivity contribution in [3.05, 3.63) is 101 Å². The molecule has 12 atom stereocenters. The van der Waals surface area contributed by atoms with Gasteiger partial charge in [0, 0.05) is 81.9 Å². The molecular weight excluding hydrogens is 1540 g/mol. The third-order valence-corrected chi connectivity index (χ3v) is 21.6. The van der Waals surface area contributed by atoms with Crippen LogP contribution in [0.15, 0.2) is 72.8 Å². The summed E-state index contributed by atoms with van der Waals surface area (Å²) in [7, 11) is 6.09. The lowest BCUT2D eigenvalue weighted by Crippen LogP contribution is -2.60. The number of hydrogen-bond donors (Lipinski definition) is 9. The second-order valence-electron chi connectivity index (χ2n) is 31.1. The Bertz CT molecular complexity index is 3720. The standard InChI is InChI=1S/C80H121Br2N13O15/c1-19-49(8)68(62(107-17)42-64(97)95-39-24-28-61(95)70(108-18)50(9)71(99)85-51(10)69(98)53-25-21-20-22-26-53)93(15)76(104)66(47(4)5)91-75(103)67(48(6)7)94(16)78(106)109-45-52-29-32-55(33-30-52)86-73(101)57(27-23-38-84-77(83)105)89-74(102)65(46(2)3)90-63(96)35-36-80(13,14)110-40-37-79(11,12)92-72(100)54-31-34-56-58(41-54)88-60(44-82)59(43-81)87-56/h20-22,25-26,29-34,41,46-51,57,61-62,65-70,98H,19,23-24,27-28,35-40,42-45H2,1-18H3,(H,85,99)(H,86,101)(H,89,102)(H,90,96)(H,91,103)(H,92,100)(H3,83,84,105)/t49-,50+,51+,57-,61-,62+,65-,66-,67-,68-,69+,70+/m0/s1. The molecule has 28 nitrogen and oxygen atoms in total. The predicted molar refractivity (Wildman–Crippen MR) is 429 cm³/mol. The highest BCUT2D eigenvalue weighted by molar-refractivity contribution is 9.09. The molecule has 610 valence electrons. The van der Waals surface area contributed by atoms with Crippen LogP contribution in [-0.2, 0) is 69.8 Å². The van der Waals surface area contributed by atoms with E-state index in [1.165, 1.54) is 26.2 Å². The Kier molecular flexibility index (Phi) is 36.9. The number of amides is 11. The molecule has 3 aromatic carbocycles. The number of anilines is 1. The molecule has 1 aliphatic rings. The van der Waals surface area contributed by atoms with Gasteiger partial charge >= 0.3 is 12.1 Å². The van der Waals surface area contributed by atoms with Gasteiger partial charge in [-0.3, -0.25) is 43.3 Å². The second kappa shape index (κ2) is 43.8. The van der Waals surface area contributed by atoms with Crippen molar-refractivity contribution in [2.24, 2.45) is 35.3 Å². The summed E-state index contributed by atoms with van der Waals surface area (Å²) in [5.41, 5.74) is 8.72. The largest absolute Gasteiger partial charge is 0.445 e. The Morgan fingerprint density at radius 2 is 1.36 bits per heavy atom. The highest BCUT2D eigenvalue weighted by Gasteiger charge is 2.44. The van der Waals surface area contributed by atoms with Crippen molar-refractivity contribution >= 4 is 108 Å². The number of benzene rings is 3. The number of aliphatic hydroxyl groups excluding tert-OH is 1.